The van der Waals surface area contributed by atoms with E-state index < -0.39 is 0 Å². The van der Waals surface area contributed by atoms with Crippen LogP contribution in [0.3, 0.4) is 0 Å². The highest BCUT2D eigenvalue weighted by molar-refractivity contribution is 6.13. The molecule has 0 spiro atoms. The van der Waals surface area contributed by atoms with Crippen molar-refractivity contribution in [1.29, 1.82) is 0 Å². The second-order valence-electron chi connectivity index (χ2n) is 2.58. The van der Waals surface area contributed by atoms with Crippen molar-refractivity contribution in [2.24, 2.45) is 4.99 Å². The molecule has 0 amide bonds. The van der Waals surface area contributed by atoms with Crippen molar-refractivity contribution in [2.75, 3.05) is 7.11 Å². The zero-order chi connectivity index (χ0) is 9.68. The number of nitrogens with zero attached hydrogens (tertiary/aromatic N) is 1. The van der Waals surface area contributed by atoms with Crippen molar-refractivity contribution in [1.82, 2.24) is 0 Å². The fourth-order valence-corrected chi connectivity index (χ4v) is 1.03. The molecule has 0 aromatic carbocycles. The van der Waals surface area contributed by atoms with Crippen molar-refractivity contribution in [3.8, 4) is 0 Å². The van der Waals surface area contributed by atoms with E-state index in [-0.39, 0.29) is 0 Å². The van der Waals surface area contributed by atoms with Crippen molar-refractivity contribution in [3.05, 3.63) is 48.4 Å². The predicted octanol–water partition coefficient (Wildman–Crippen LogP) is 2.62. The van der Waals surface area contributed by atoms with Crippen molar-refractivity contribution >= 4 is 5.71 Å². The lowest BCUT2D eigenvalue weighted by atomic mass is 10.1. The SMILES string of the molecule is C=C1C=CC=C(OC)C1=N/C=C\C. The first-order valence-electron chi connectivity index (χ1n) is 4.10. The van der Waals surface area contributed by atoms with Crippen LogP contribution < -0.4 is 0 Å². The maximum absolute atomic E-state index is 5.16. The molecular weight excluding hydrogens is 162 g/mol. The highest BCUT2D eigenvalue weighted by Crippen LogP contribution is 2.14. The molecule has 0 N–H and O–H groups in total. The van der Waals surface area contributed by atoms with Crippen LogP contribution in [-0.4, -0.2) is 12.8 Å². The minimum absolute atomic E-state index is 0.755. The van der Waals surface area contributed by atoms with Crippen LogP contribution >= 0.6 is 0 Å². The van der Waals surface area contributed by atoms with Crippen molar-refractivity contribution < 1.29 is 4.74 Å². The van der Waals surface area contributed by atoms with Crippen LogP contribution in [0.5, 0.6) is 0 Å². The third kappa shape index (κ3) is 2.18. The smallest absolute Gasteiger partial charge is 0.145 e. The Morgan fingerprint density at radius 1 is 1.54 bits per heavy atom. The average Bonchev–Trinajstić information content (AvgIpc) is 2.15. The van der Waals surface area contributed by atoms with Gasteiger partial charge < -0.3 is 4.74 Å². The zero-order valence-electron chi connectivity index (χ0n) is 7.95. The van der Waals surface area contributed by atoms with Gasteiger partial charge in [-0.25, -0.2) is 0 Å². The Labute approximate surface area is 78.6 Å². The van der Waals surface area contributed by atoms with Crippen LogP contribution in [0.15, 0.2) is 53.4 Å². The molecule has 0 aliphatic heterocycles. The molecule has 0 unspecified atom stereocenters. The van der Waals surface area contributed by atoms with Crippen LogP contribution in [0.4, 0.5) is 0 Å². The van der Waals surface area contributed by atoms with E-state index in [0.29, 0.717) is 0 Å². The molecule has 0 saturated heterocycles. The van der Waals surface area contributed by atoms with Crippen LogP contribution in [0.25, 0.3) is 0 Å². The standard InChI is InChI=1S/C11H13NO/c1-4-8-12-11-9(2)6-5-7-10(11)13-3/h4-8H,2H2,1,3H3/b8-4-,12-11?. The third-order valence-corrected chi connectivity index (χ3v) is 1.66. The van der Waals surface area contributed by atoms with Crippen LogP contribution in [0, 0.1) is 0 Å². The fourth-order valence-electron chi connectivity index (χ4n) is 1.03. The summed E-state index contributed by atoms with van der Waals surface area (Å²) in [5, 5.41) is 0. The van der Waals surface area contributed by atoms with E-state index in [9.17, 15) is 0 Å². The Morgan fingerprint density at radius 2 is 2.31 bits per heavy atom. The summed E-state index contributed by atoms with van der Waals surface area (Å²) in [6.45, 7) is 5.79. The number of methoxy groups -OCH3 is 1. The summed E-state index contributed by atoms with van der Waals surface area (Å²) >= 11 is 0. The molecule has 1 aliphatic carbocycles. The van der Waals surface area contributed by atoms with Gasteiger partial charge in [0.15, 0.2) is 0 Å². The number of allylic oxidation sites excluding steroid dienone is 5. The molecule has 2 heteroatoms. The molecule has 0 bridgehead atoms. The third-order valence-electron chi connectivity index (χ3n) is 1.66. The summed E-state index contributed by atoms with van der Waals surface area (Å²) in [5.41, 5.74) is 1.67. The van der Waals surface area contributed by atoms with Gasteiger partial charge in [0.25, 0.3) is 0 Å². The Hall–Kier alpha value is -1.57. The largest absolute Gasteiger partial charge is 0.494 e. The minimum Gasteiger partial charge on any atom is -0.494 e. The molecule has 13 heavy (non-hydrogen) atoms. The summed E-state index contributed by atoms with van der Waals surface area (Å²) < 4.78 is 5.16. The highest BCUT2D eigenvalue weighted by Gasteiger charge is 2.11. The quantitative estimate of drug-likeness (QED) is 0.632. The molecule has 2 nitrogen and oxygen atoms in total. The minimum atomic E-state index is 0.755. The molecule has 1 rings (SSSR count). The zero-order valence-corrected chi connectivity index (χ0v) is 7.95. The Bertz CT molecular complexity index is 319. The molecule has 0 saturated carbocycles. The maximum atomic E-state index is 5.16. The molecule has 0 heterocycles. The number of aliphatic imine (C=N–C) groups is 1. The number of ether oxygens (including phenoxy) is 1. The summed E-state index contributed by atoms with van der Waals surface area (Å²) in [6.07, 6.45) is 9.27. The fraction of sp³-hybridized carbons (Fsp3) is 0.182. The topological polar surface area (TPSA) is 21.6 Å². The molecule has 0 aromatic heterocycles. The van der Waals surface area contributed by atoms with Gasteiger partial charge in [-0.3, -0.25) is 4.99 Å². The average molecular weight is 175 g/mol. The van der Waals surface area contributed by atoms with Gasteiger partial charge >= 0.3 is 0 Å². The molecule has 68 valence electrons. The highest BCUT2D eigenvalue weighted by atomic mass is 16.5. The molecular formula is C11H13NO. The van der Waals surface area contributed by atoms with Gasteiger partial charge in [-0.05, 0) is 18.6 Å². The molecule has 0 fully saturated rings. The van der Waals surface area contributed by atoms with Gasteiger partial charge in [-0.2, -0.15) is 0 Å². The van der Waals surface area contributed by atoms with E-state index in [2.05, 4.69) is 11.6 Å². The van der Waals surface area contributed by atoms with Crippen LogP contribution in [0.2, 0.25) is 0 Å². The van der Waals surface area contributed by atoms with E-state index >= 15 is 0 Å². The summed E-state index contributed by atoms with van der Waals surface area (Å²) in [4.78, 5) is 4.23. The van der Waals surface area contributed by atoms with Crippen molar-refractivity contribution in [3.63, 3.8) is 0 Å². The lowest BCUT2D eigenvalue weighted by molar-refractivity contribution is 0.315. The first-order valence-corrected chi connectivity index (χ1v) is 4.10. The van der Waals surface area contributed by atoms with Crippen LogP contribution in [-0.2, 0) is 4.74 Å². The van der Waals surface area contributed by atoms with Crippen LogP contribution in [0.1, 0.15) is 6.92 Å². The second kappa shape index (κ2) is 4.45. The number of hydrogen-bond acceptors (Lipinski definition) is 2. The molecule has 0 radical (unpaired) electrons. The second-order valence-corrected chi connectivity index (χ2v) is 2.58. The molecule has 0 atom stereocenters. The van der Waals surface area contributed by atoms with Gasteiger partial charge in [0.1, 0.15) is 11.5 Å². The summed E-state index contributed by atoms with van der Waals surface area (Å²) in [5.74, 6) is 0.755. The summed E-state index contributed by atoms with van der Waals surface area (Å²) in [6, 6.07) is 0. The molecule has 0 aromatic rings. The number of hydrogen-bond donors (Lipinski definition) is 0. The monoisotopic (exact) mass is 175 g/mol. The number of rotatable bonds is 2. The lowest BCUT2D eigenvalue weighted by Gasteiger charge is -2.11. The van der Waals surface area contributed by atoms with E-state index in [1.165, 1.54) is 0 Å². The van der Waals surface area contributed by atoms with E-state index in [0.717, 1.165) is 17.0 Å². The normalized spacial score (nSPS) is 19.7. The first kappa shape index (κ1) is 9.52. The summed E-state index contributed by atoms with van der Waals surface area (Å²) in [7, 11) is 1.63. The van der Waals surface area contributed by atoms with E-state index in [1.807, 2.05) is 31.2 Å². The van der Waals surface area contributed by atoms with Gasteiger partial charge in [0, 0.05) is 6.20 Å². The Morgan fingerprint density at radius 3 is 2.92 bits per heavy atom. The first-order chi connectivity index (χ1) is 6.29. The van der Waals surface area contributed by atoms with Gasteiger partial charge in [-0.15, -0.1) is 0 Å². The molecule has 1 aliphatic rings. The van der Waals surface area contributed by atoms with Gasteiger partial charge in [-0.1, -0.05) is 24.8 Å². The van der Waals surface area contributed by atoms with Crippen molar-refractivity contribution in [2.45, 2.75) is 6.92 Å². The lowest BCUT2D eigenvalue weighted by Crippen LogP contribution is -2.08. The van der Waals surface area contributed by atoms with Gasteiger partial charge in [0.2, 0.25) is 0 Å². The predicted molar refractivity (Wildman–Crippen MR) is 55.6 cm³/mol. The Balaban J connectivity index is 2.99. The van der Waals surface area contributed by atoms with E-state index in [1.54, 1.807) is 13.3 Å². The Kier molecular flexibility index (Phi) is 3.26. The maximum Gasteiger partial charge on any atom is 0.145 e. The van der Waals surface area contributed by atoms with E-state index in [4.69, 9.17) is 4.74 Å². The van der Waals surface area contributed by atoms with Gasteiger partial charge in [0.05, 0.1) is 7.11 Å².